The molecule has 10 heteroatoms. The molecule has 166 valence electrons. The number of alkyl halides is 3. The van der Waals surface area contributed by atoms with Crippen LogP contribution in [0, 0.1) is 6.92 Å². The number of anilines is 3. The van der Waals surface area contributed by atoms with Gasteiger partial charge in [0, 0.05) is 25.3 Å². The predicted octanol–water partition coefficient (Wildman–Crippen LogP) is 3.77. The monoisotopic (exact) mass is 435 g/mol. The van der Waals surface area contributed by atoms with Crippen molar-refractivity contribution in [2.24, 2.45) is 0 Å². The van der Waals surface area contributed by atoms with Gasteiger partial charge in [-0.05, 0) is 53.5 Å². The van der Waals surface area contributed by atoms with Crippen LogP contribution in [0.5, 0.6) is 0 Å². The maximum atomic E-state index is 12.6. The van der Waals surface area contributed by atoms with Crippen LogP contribution < -0.4 is 16.4 Å². The van der Waals surface area contributed by atoms with Crippen LogP contribution in [-0.2, 0) is 0 Å². The molecule has 0 saturated carbocycles. The summed E-state index contributed by atoms with van der Waals surface area (Å²) in [6.07, 6.45) is -3.86. The largest absolute Gasteiger partial charge is 0.395 e. The number of aryl methyl sites for hydroxylation is 1. The van der Waals surface area contributed by atoms with Crippen LogP contribution in [0.15, 0.2) is 42.0 Å². The van der Waals surface area contributed by atoms with Crippen LogP contribution in [0.4, 0.5) is 35.3 Å². The second-order valence-electron chi connectivity index (χ2n) is 7.31. The number of amides is 2. The Kier molecular flexibility index (Phi) is 6.69. The van der Waals surface area contributed by atoms with Crippen LogP contribution in [0.1, 0.15) is 12.0 Å². The van der Waals surface area contributed by atoms with Crippen molar-refractivity contribution in [2.75, 3.05) is 42.6 Å². The van der Waals surface area contributed by atoms with Gasteiger partial charge in [0.25, 0.3) is 0 Å². The van der Waals surface area contributed by atoms with Crippen molar-refractivity contribution in [3.05, 3.63) is 47.5 Å². The van der Waals surface area contributed by atoms with Crippen molar-refractivity contribution < 1.29 is 23.1 Å². The van der Waals surface area contributed by atoms with Crippen molar-refractivity contribution in [1.82, 2.24) is 9.88 Å². The molecule has 0 radical (unpaired) electrons. The summed E-state index contributed by atoms with van der Waals surface area (Å²) in [5.41, 5.74) is 9.12. The van der Waals surface area contributed by atoms with Crippen LogP contribution in [0.25, 0.3) is 11.1 Å². The number of carbonyl (C=O) groups excluding carboxylic acids is 1. The highest BCUT2D eigenvalue weighted by Crippen LogP contribution is 2.30. The average molecular weight is 435 g/mol. The minimum absolute atomic E-state index is 0.0508. The summed E-state index contributed by atoms with van der Waals surface area (Å²) in [7, 11) is 0. The van der Waals surface area contributed by atoms with Crippen LogP contribution in [0.2, 0.25) is 0 Å². The van der Waals surface area contributed by atoms with E-state index < -0.39 is 18.6 Å². The molecule has 5 N–H and O–H groups in total. The number of nitrogen functional groups attached to an aromatic ring is 1. The number of rotatable bonds is 6. The quantitative estimate of drug-likeness (QED) is 0.517. The molecule has 7 nitrogen and oxygen atoms in total. The molecule has 1 aromatic heterocycles. The molecule has 31 heavy (non-hydrogen) atoms. The van der Waals surface area contributed by atoms with Crippen molar-refractivity contribution in [3.8, 4) is 11.1 Å². The van der Waals surface area contributed by atoms with Gasteiger partial charge in [-0.2, -0.15) is 13.2 Å². The molecule has 2 heterocycles. The zero-order valence-corrected chi connectivity index (χ0v) is 17.0. The maximum absolute atomic E-state index is 12.6. The Labute approximate surface area is 177 Å². The summed E-state index contributed by atoms with van der Waals surface area (Å²) < 4.78 is 37.7. The molecule has 2 amide bonds. The second kappa shape index (κ2) is 9.25. The van der Waals surface area contributed by atoms with E-state index in [1.807, 2.05) is 13.0 Å². The summed E-state index contributed by atoms with van der Waals surface area (Å²) in [5.74, 6) is 0.810. The summed E-state index contributed by atoms with van der Waals surface area (Å²) >= 11 is 0. The normalized spacial score (nSPS) is 13.8. The van der Waals surface area contributed by atoms with Crippen LogP contribution >= 0.6 is 0 Å². The number of benzene rings is 1. The zero-order valence-electron chi connectivity index (χ0n) is 17.0. The van der Waals surface area contributed by atoms with E-state index >= 15 is 0 Å². The van der Waals surface area contributed by atoms with E-state index in [0.717, 1.165) is 16.7 Å². The lowest BCUT2D eigenvalue weighted by molar-refractivity contribution is -0.127. The number of halogens is 3. The zero-order chi connectivity index (χ0) is 22.6. The minimum atomic E-state index is -4.29. The number of nitrogens with one attached hydrogen (secondary N) is 2. The van der Waals surface area contributed by atoms with E-state index in [1.54, 1.807) is 24.3 Å². The fraction of sp³-hybridized carbons (Fsp3) is 0.333. The SMILES string of the molecule is Cc1ccc(NC(=O)N2CC=C(CC(F)(F)F)C2)cc1-c1cc(N)nc(NCCO)c1. The van der Waals surface area contributed by atoms with E-state index in [2.05, 4.69) is 15.6 Å². The van der Waals surface area contributed by atoms with Gasteiger partial charge < -0.3 is 26.4 Å². The Morgan fingerprint density at radius 2 is 2.06 bits per heavy atom. The van der Waals surface area contributed by atoms with Gasteiger partial charge in [0.15, 0.2) is 0 Å². The van der Waals surface area contributed by atoms with Gasteiger partial charge in [-0.25, -0.2) is 9.78 Å². The lowest BCUT2D eigenvalue weighted by Crippen LogP contribution is -2.33. The Morgan fingerprint density at radius 1 is 1.29 bits per heavy atom. The third-order valence-corrected chi connectivity index (χ3v) is 4.77. The standard InChI is InChI=1S/C21H24F3N5O2/c1-13-2-3-16(27-20(31)29-6-4-14(12-29)11-21(22,23)24)10-17(13)15-8-18(25)28-19(9-15)26-5-7-30/h2-4,8-10,30H,5-7,11-12H2,1H3,(H,27,31)(H3,25,26,28). The Morgan fingerprint density at radius 3 is 2.77 bits per heavy atom. The van der Waals surface area contributed by atoms with Gasteiger partial charge >= 0.3 is 12.2 Å². The van der Waals surface area contributed by atoms with Crippen molar-refractivity contribution in [1.29, 1.82) is 0 Å². The first-order valence-electron chi connectivity index (χ1n) is 9.68. The number of urea groups is 1. The highest BCUT2D eigenvalue weighted by atomic mass is 19.4. The molecule has 1 aromatic carbocycles. The molecule has 2 aromatic rings. The molecule has 1 aliphatic rings. The summed E-state index contributed by atoms with van der Waals surface area (Å²) in [5, 5.41) is 14.7. The molecular formula is C21H24F3N5O2. The van der Waals surface area contributed by atoms with Gasteiger partial charge in [0.1, 0.15) is 11.6 Å². The molecule has 0 aliphatic carbocycles. The van der Waals surface area contributed by atoms with E-state index in [1.165, 1.54) is 11.0 Å². The number of nitrogens with two attached hydrogens (primary N) is 1. The van der Waals surface area contributed by atoms with Crippen LogP contribution in [-0.4, -0.2) is 53.4 Å². The number of nitrogens with zero attached hydrogens (tertiary/aromatic N) is 2. The predicted molar refractivity (Wildman–Crippen MR) is 114 cm³/mol. The molecule has 0 saturated heterocycles. The van der Waals surface area contributed by atoms with Crippen LogP contribution in [0.3, 0.4) is 0 Å². The third kappa shape index (κ3) is 6.11. The molecule has 1 aliphatic heterocycles. The highest BCUT2D eigenvalue weighted by molar-refractivity contribution is 5.91. The smallest absolute Gasteiger partial charge is 0.392 e. The molecule has 0 atom stereocenters. The van der Waals surface area contributed by atoms with Gasteiger partial charge in [-0.15, -0.1) is 0 Å². The number of aliphatic hydroxyl groups is 1. The number of pyridine rings is 1. The van der Waals surface area contributed by atoms with Crippen molar-refractivity contribution in [3.63, 3.8) is 0 Å². The third-order valence-electron chi connectivity index (χ3n) is 4.77. The minimum Gasteiger partial charge on any atom is -0.395 e. The van der Waals surface area contributed by atoms with Crippen molar-refractivity contribution in [2.45, 2.75) is 19.5 Å². The number of hydrogen-bond donors (Lipinski definition) is 4. The summed E-state index contributed by atoms with van der Waals surface area (Å²) in [6, 6.07) is 8.35. The number of hydrogen-bond acceptors (Lipinski definition) is 5. The topological polar surface area (TPSA) is 104 Å². The molecule has 3 rings (SSSR count). The van der Waals surface area contributed by atoms with Crippen molar-refractivity contribution >= 4 is 23.4 Å². The van der Waals surface area contributed by atoms with E-state index in [4.69, 9.17) is 10.8 Å². The fourth-order valence-corrected chi connectivity index (χ4v) is 3.35. The highest BCUT2D eigenvalue weighted by Gasteiger charge is 2.32. The number of aliphatic hydroxyl groups excluding tert-OH is 1. The molecule has 0 unspecified atom stereocenters. The molecular weight excluding hydrogens is 411 g/mol. The number of carbonyl (C=O) groups is 1. The van der Waals surface area contributed by atoms with Gasteiger partial charge in [-0.3, -0.25) is 0 Å². The maximum Gasteiger partial charge on any atom is 0.392 e. The van der Waals surface area contributed by atoms with Gasteiger partial charge in [0.05, 0.1) is 13.0 Å². The van der Waals surface area contributed by atoms with Gasteiger partial charge in [0.2, 0.25) is 0 Å². The van der Waals surface area contributed by atoms with Gasteiger partial charge in [-0.1, -0.05) is 12.1 Å². The molecule has 0 spiro atoms. The van der Waals surface area contributed by atoms with E-state index in [-0.39, 0.29) is 25.3 Å². The Balaban J connectivity index is 1.73. The first-order chi connectivity index (χ1) is 14.6. The summed E-state index contributed by atoms with van der Waals surface area (Å²) in [4.78, 5) is 18.0. The fourth-order valence-electron chi connectivity index (χ4n) is 3.35. The lowest BCUT2D eigenvalue weighted by Gasteiger charge is -2.19. The molecule has 0 bridgehead atoms. The number of aromatic nitrogens is 1. The Bertz CT molecular complexity index is 991. The molecule has 0 fully saturated rings. The lowest BCUT2D eigenvalue weighted by atomic mass is 10.0. The average Bonchev–Trinajstić information content (AvgIpc) is 3.14. The van der Waals surface area contributed by atoms with E-state index in [0.29, 0.717) is 23.9 Å². The first-order valence-corrected chi connectivity index (χ1v) is 9.68. The summed E-state index contributed by atoms with van der Waals surface area (Å²) in [6.45, 7) is 2.27. The Hall–Kier alpha value is -3.27. The first kappa shape index (κ1) is 22.4. The van der Waals surface area contributed by atoms with E-state index in [9.17, 15) is 18.0 Å². The second-order valence-corrected chi connectivity index (χ2v) is 7.31.